The van der Waals surface area contributed by atoms with Gasteiger partial charge in [0.15, 0.2) is 0 Å². The molecule has 1 nitrogen and oxygen atoms in total. The summed E-state index contributed by atoms with van der Waals surface area (Å²) in [6.45, 7) is 14.8. The third-order valence-electron chi connectivity index (χ3n) is 6.99. The fraction of sp³-hybridized carbons (Fsp3) is 0.171. The van der Waals surface area contributed by atoms with Crippen molar-refractivity contribution in [2.45, 2.75) is 40.5 Å². The van der Waals surface area contributed by atoms with E-state index in [-0.39, 0.29) is 5.92 Å². The van der Waals surface area contributed by atoms with Gasteiger partial charge in [-0.1, -0.05) is 122 Å². The molecule has 1 aliphatic carbocycles. The number of rotatable bonds is 5. The number of halogens is 1. The second kappa shape index (κ2) is 11.7. The van der Waals surface area contributed by atoms with Crippen molar-refractivity contribution in [2.75, 3.05) is 0 Å². The lowest BCUT2D eigenvalue weighted by atomic mass is 9.81. The number of nitrogens with zero attached hydrogens (tertiary/aromatic N) is 1. The number of fused-ring (bicyclic) bond motifs is 2. The molecule has 0 saturated heterocycles. The summed E-state index contributed by atoms with van der Waals surface area (Å²) in [7, 11) is 0. The zero-order valence-corrected chi connectivity index (χ0v) is 23.9. The van der Waals surface area contributed by atoms with Gasteiger partial charge in [-0.05, 0) is 75.4 Å². The van der Waals surface area contributed by atoms with Gasteiger partial charge in [0.2, 0.25) is 0 Å². The van der Waals surface area contributed by atoms with Crippen LogP contribution in [-0.2, 0) is 0 Å². The van der Waals surface area contributed by atoms with Crippen molar-refractivity contribution < 1.29 is 0 Å². The van der Waals surface area contributed by atoms with Crippen LogP contribution in [0.1, 0.15) is 51.7 Å². The third-order valence-corrected chi connectivity index (χ3v) is 7.88. The summed E-state index contributed by atoms with van der Waals surface area (Å²) in [4.78, 5) is 4.57. The van der Waals surface area contributed by atoms with Crippen LogP contribution in [0.15, 0.2) is 120 Å². The zero-order chi connectivity index (χ0) is 26.5. The Morgan fingerprint density at radius 2 is 1.41 bits per heavy atom. The molecule has 1 aliphatic rings. The van der Waals surface area contributed by atoms with Crippen molar-refractivity contribution in [1.82, 2.24) is 4.98 Å². The molecule has 0 fully saturated rings. The first-order valence-corrected chi connectivity index (χ1v) is 13.8. The quantitative estimate of drug-likeness (QED) is 0.226. The number of allylic oxidation sites excluding steroid dienone is 7. The van der Waals surface area contributed by atoms with E-state index in [1.165, 1.54) is 60.9 Å². The molecule has 1 aromatic heterocycles. The largest absolute Gasteiger partial charge is 0.264 e. The first kappa shape index (κ1) is 26.6. The molecule has 2 heteroatoms. The van der Waals surface area contributed by atoms with E-state index >= 15 is 0 Å². The molecule has 1 atom stereocenters. The van der Waals surface area contributed by atoms with Gasteiger partial charge in [-0.3, -0.25) is 4.98 Å². The number of hydrogen-bond acceptors (Lipinski definition) is 1. The van der Waals surface area contributed by atoms with E-state index in [0.29, 0.717) is 0 Å². The highest BCUT2D eigenvalue weighted by atomic mass is 79.9. The van der Waals surface area contributed by atoms with Crippen LogP contribution in [0, 0.1) is 0 Å². The van der Waals surface area contributed by atoms with Crippen LogP contribution in [0.2, 0.25) is 0 Å². The van der Waals surface area contributed by atoms with Gasteiger partial charge in [0, 0.05) is 28.2 Å². The van der Waals surface area contributed by atoms with Crippen LogP contribution in [0.25, 0.3) is 38.6 Å². The topological polar surface area (TPSA) is 12.9 Å². The number of aromatic nitrogens is 1. The summed E-state index contributed by atoms with van der Waals surface area (Å²) >= 11 is 3.83. The fourth-order valence-corrected chi connectivity index (χ4v) is 6.01. The average molecular weight is 549 g/mol. The molecule has 0 saturated carbocycles. The molecular weight excluding hydrogens is 514 g/mol. The van der Waals surface area contributed by atoms with Crippen molar-refractivity contribution in [1.29, 1.82) is 0 Å². The van der Waals surface area contributed by atoms with Crippen molar-refractivity contribution >= 4 is 32.3 Å². The van der Waals surface area contributed by atoms with Crippen LogP contribution >= 0.6 is 15.9 Å². The predicted molar refractivity (Wildman–Crippen MR) is 166 cm³/mol. The van der Waals surface area contributed by atoms with Crippen LogP contribution in [0.4, 0.5) is 0 Å². The molecule has 4 aromatic rings. The Morgan fingerprint density at radius 3 is 1.95 bits per heavy atom. The Kier molecular flexibility index (Phi) is 8.41. The molecule has 1 unspecified atom stereocenters. The highest BCUT2D eigenvalue weighted by Crippen LogP contribution is 2.56. The summed E-state index contributed by atoms with van der Waals surface area (Å²) in [5.41, 5.74) is 11.3. The molecule has 3 aromatic carbocycles. The van der Waals surface area contributed by atoms with Crippen molar-refractivity contribution in [3.8, 4) is 22.3 Å². The van der Waals surface area contributed by atoms with E-state index in [2.05, 4.69) is 127 Å². The first-order chi connectivity index (χ1) is 18.1. The van der Waals surface area contributed by atoms with Gasteiger partial charge in [-0.25, -0.2) is 0 Å². The number of benzene rings is 3. The zero-order valence-electron chi connectivity index (χ0n) is 22.3. The lowest BCUT2D eigenvalue weighted by molar-refractivity contribution is 0.938. The van der Waals surface area contributed by atoms with Gasteiger partial charge in [-0.15, -0.1) is 0 Å². The van der Waals surface area contributed by atoms with Gasteiger partial charge in [0.05, 0.1) is 0 Å². The number of pyridine rings is 1. The van der Waals surface area contributed by atoms with E-state index in [9.17, 15) is 0 Å². The van der Waals surface area contributed by atoms with Crippen LogP contribution in [0.3, 0.4) is 0 Å². The van der Waals surface area contributed by atoms with Crippen molar-refractivity contribution in [3.63, 3.8) is 0 Å². The first-order valence-electron chi connectivity index (χ1n) is 13.0. The average Bonchev–Trinajstić information content (AvgIpc) is 3.25. The lowest BCUT2D eigenvalue weighted by Crippen LogP contribution is -2.02. The van der Waals surface area contributed by atoms with Gasteiger partial charge >= 0.3 is 0 Å². The highest BCUT2D eigenvalue weighted by Gasteiger charge is 2.35. The molecule has 186 valence electrons. The maximum absolute atomic E-state index is 4.57. The Labute approximate surface area is 230 Å². The number of hydrogen-bond donors (Lipinski definition) is 0. The van der Waals surface area contributed by atoms with E-state index in [0.717, 1.165) is 4.48 Å². The smallest absolute Gasteiger partial charge is 0.0352 e. The molecule has 5 rings (SSSR count). The van der Waals surface area contributed by atoms with Gasteiger partial charge < -0.3 is 0 Å². The monoisotopic (exact) mass is 547 g/mol. The normalized spacial score (nSPS) is 15.4. The lowest BCUT2D eigenvalue weighted by Gasteiger charge is -2.22. The molecule has 1 heterocycles. The molecule has 0 spiro atoms. The highest BCUT2D eigenvalue weighted by molar-refractivity contribution is 9.12. The SMILES string of the molecule is C=CC1=C(C(=C\C)/C(Br)=C\C)C(C)c2c1c(-c1ccccc1)c1ccncc1c2-c1ccccc1.CC. The van der Waals surface area contributed by atoms with E-state index < -0.39 is 0 Å². The summed E-state index contributed by atoms with van der Waals surface area (Å²) in [6, 6.07) is 23.6. The predicted octanol–water partition coefficient (Wildman–Crippen LogP) is 10.9. The summed E-state index contributed by atoms with van der Waals surface area (Å²) in [5, 5.41) is 2.39. The maximum atomic E-state index is 4.57. The second-order valence-electron chi connectivity index (χ2n) is 8.78. The molecule has 0 radical (unpaired) electrons. The minimum Gasteiger partial charge on any atom is -0.264 e. The minimum atomic E-state index is 0.180. The molecular formula is C35H34BrN. The molecule has 0 aliphatic heterocycles. The second-order valence-corrected chi connectivity index (χ2v) is 9.64. The Bertz CT molecular complexity index is 1520. The minimum absolute atomic E-state index is 0.180. The summed E-state index contributed by atoms with van der Waals surface area (Å²) < 4.78 is 1.10. The fourth-order valence-electron chi connectivity index (χ4n) is 5.56. The molecule has 0 N–H and O–H groups in total. The van der Waals surface area contributed by atoms with Gasteiger partial charge in [-0.2, -0.15) is 0 Å². The van der Waals surface area contributed by atoms with Crippen LogP contribution in [0.5, 0.6) is 0 Å². The van der Waals surface area contributed by atoms with Crippen LogP contribution in [-0.4, -0.2) is 4.98 Å². The maximum Gasteiger partial charge on any atom is 0.0352 e. The third kappa shape index (κ3) is 4.55. The summed E-state index contributed by atoms with van der Waals surface area (Å²) in [6.07, 6.45) is 10.3. The van der Waals surface area contributed by atoms with E-state index in [4.69, 9.17) is 0 Å². The van der Waals surface area contributed by atoms with E-state index in [1.54, 1.807) is 0 Å². The summed E-state index contributed by atoms with van der Waals surface area (Å²) in [5.74, 6) is 0.180. The van der Waals surface area contributed by atoms with Crippen molar-refractivity contribution in [3.05, 3.63) is 131 Å². The van der Waals surface area contributed by atoms with Gasteiger partial charge in [0.25, 0.3) is 0 Å². The van der Waals surface area contributed by atoms with Crippen LogP contribution < -0.4 is 0 Å². The van der Waals surface area contributed by atoms with Crippen molar-refractivity contribution in [2.24, 2.45) is 0 Å². The molecule has 0 amide bonds. The standard InChI is InChI=1S/C33H28BrN.C2H6/c1-5-24(28(34)7-3)29-21(4)30-32(23-16-12-9-13-17-23)27-20-35-19-18-26(27)31(33(30)25(29)6-2)22-14-10-8-11-15-22;1-2/h5-21H,2H2,1,3-4H3;1-2H3/b24-5-,28-7+;. The Morgan fingerprint density at radius 1 is 0.811 bits per heavy atom. The molecule has 0 bridgehead atoms. The Hall–Kier alpha value is -3.49. The molecule has 37 heavy (non-hydrogen) atoms. The van der Waals surface area contributed by atoms with E-state index in [1.807, 2.05) is 32.3 Å². The van der Waals surface area contributed by atoms with Gasteiger partial charge in [0.1, 0.15) is 0 Å². The Balaban J connectivity index is 0.00000156.